The van der Waals surface area contributed by atoms with Gasteiger partial charge < -0.3 is 4.90 Å². The highest BCUT2D eigenvalue weighted by molar-refractivity contribution is 9.10. The Morgan fingerprint density at radius 3 is 2.44 bits per heavy atom. The largest absolute Gasteiger partial charge is 0.309 e. The predicted octanol–water partition coefficient (Wildman–Crippen LogP) is 5.47. The predicted molar refractivity (Wildman–Crippen MR) is 132 cm³/mol. The van der Waals surface area contributed by atoms with Gasteiger partial charge in [-0.15, -0.1) is 0 Å². The molecule has 1 aliphatic heterocycles. The van der Waals surface area contributed by atoms with Gasteiger partial charge in [-0.05, 0) is 80.3 Å². The van der Waals surface area contributed by atoms with Crippen LogP contribution in [0.4, 0.5) is 11.4 Å². The molecule has 0 unspecified atom stereocenters. The molecule has 1 amide bonds. The van der Waals surface area contributed by atoms with E-state index in [9.17, 15) is 13.2 Å². The molecule has 0 spiro atoms. The third-order valence-corrected chi connectivity index (χ3v) is 7.58. The molecule has 1 atom stereocenters. The van der Waals surface area contributed by atoms with Crippen LogP contribution in [0.25, 0.3) is 0 Å². The normalized spacial score (nSPS) is 15.5. The molecule has 0 bridgehead atoms. The summed E-state index contributed by atoms with van der Waals surface area (Å²) in [6.45, 7) is 4.01. The zero-order valence-electron chi connectivity index (χ0n) is 18.0. The molecule has 0 aromatic heterocycles. The van der Waals surface area contributed by atoms with E-state index in [0.29, 0.717) is 18.5 Å². The van der Waals surface area contributed by atoms with Gasteiger partial charge in [-0.2, -0.15) is 0 Å². The van der Waals surface area contributed by atoms with Gasteiger partial charge in [0, 0.05) is 28.3 Å². The molecule has 1 heterocycles. The molecule has 0 saturated carbocycles. The number of carbonyl (C=O) groups is 1. The first-order valence-electron chi connectivity index (χ1n) is 10.5. The highest BCUT2D eigenvalue weighted by Crippen LogP contribution is 2.34. The molecule has 7 heteroatoms. The summed E-state index contributed by atoms with van der Waals surface area (Å²) in [6.07, 6.45) is 1.77. The Morgan fingerprint density at radius 1 is 1.06 bits per heavy atom. The number of nitrogens with zero attached hydrogens (tertiary/aromatic N) is 1. The van der Waals surface area contributed by atoms with Gasteiger partial charge >= 0.3 is 0 Å². The number of benzene rings is 3. The molecular formula is C25H25BrN2O3S. The second-order valence-electron chi connectivity index (χ2n) is 8.21. The van der Waals surface area contributed by atoms with Gasteiger partial charge in [0.2, 0.25) is 5.91 Å². The highest BCUT2D eigenvalue weighted by Gasteiger charge is 2.30. The van der Waals surface area contributed by atoms with E-state index in [0.717, 1.165) is 27.7 Å². The number of hydrogen-bond donors (Lipinski definition) is 1. The SMILES string of the molecule is Cc1ccc(NS(=O)(=O)c2ccc(CCC(=O)N3c4ccc(Br)cc4C[C@@H]3C)cc2)cc1. The van der Waals surface area contributed by atoms with Crippen LogP contribution in [0, 0.1) is 6.92 Å². The van der Waals surface area contributed by atoms with Gasteiger partial charge in [-0.1, -0.05) is 45.8 Å². The van der Waals surface area contributed by atoms with E-state index >= 15 is 0 Å². The van der Waals surface area contributed by atoms with E-state index < -0.39 is 10.0 Å². The zero-order chi connectivity index (χ0) is 22.9. The topological polar surface area (TPSA) is 66.5 Å². The number of sulfonamides is 1. The summed E-state index contributed by atoms with van der Waals surface area (Å²) in [4.78, 5) is 15.0. The van der Waals surface area contributed by atoms with Crippen LogP contribution in [0.15, 0.2) is 76.1 Å². The number of fused-ring (bicyclic) bond motifs is 1. The van der Waals surface area contributed by atoms with E-state index in [4.69, 9.17) is 0 Å². The monoisotopic (exact) mass is 512 g/mol. The minimum Gasteiger partial charge on any atom is -0.309 e. The fourth-order valence-electron chi connectivity index (χ4n) is 4.02. The zero-order valence-corrected chi connectivity index (χ0v) is 20.4. The minimum atomic E-state index is -3.66. The Morgan fingerprint density at radius 2 is 1.75 bits per heavy atom. The Labute approximate surface area is 197 Å². The van der Waals surface area contributed by atoms with Crippen molar-refractivity contribution in [2.75, 3.05) is 9.62 Å². The summed E-state index contributed by atoms with van der Waals surface area (Å²) < 4.78 is 28.9. The van der Waals surface area contributed by atoms with Gasteiger partial charge in [0.15, 0.2) is 0 Å². The molecule has 0 aliphatic carbocycles. The number of hydrogen-bond acceptors (Lipinski definition) is 3. The smallest absolute Gasteiger partial charge is 0.261 e. The van der Waals surface area contributed by atoms with Crippen LogP contribution in [0.2, 0.25) is 0 Å². The van der Waals surface area contributed by atoms with Crippen LogP contribution >= 0.6 is 15.9 Å². The van der Waals surface area contributed by atoms with Crippen LogP contribution in [-0.2, 0) is 27.7 Å². The number of rotatable bonds is 6. The third kappa shape index (κ3) is 4.89. The summed E-state index contributed by atoms with van der Waals surface area (Å²) in [5.74, 6) is 0.0799. The first kappa shape index (κ1) is 22.6. The first-order chi connectivity index (χ1) is 15.2. The average molecular weight is 513 g/mol. The molecular weight excluding hydrogens is 488 g/mol. The quantitative estimate of drug-likeness (QED) is 0.476. The third-order valence-electron chi connectivity index (χ3n) is 5.69. The number of aryl methyl sites for hydroxylation is 2. The number of carbonyl (C=O) groups excluding carboxylic acids is 1. The fourth-order valence-corrected chi connectivity index (χ4v) is 5.49. The summed E-state index contributed by atoms with van der Waals surface area (Å²) in [5.41, 5.74) is 4.67. The van der Waals surface area contributed by atoms with Crippen molar-refractivity contribution in [3.63, 3.8) is 0 Å². The van der Waals surface area contributed by atoms with Gasteiger partial charge in [0.25, 0.3) is 10.0 Å². The lowest BCUT2D eigenvalue weighted by Crippen LogP contribution is -2.35. The number of nitrogens with one attached hydrogen (secondary N) is 1. The maximum atomic E-state index is 12.9. The van der Waals surface area contributed by atoms with Gasteiger partial charge in [-0.3, -0.25) is 9.52 Å². The van der Waals surface area contributed by atoms with Crippen molar-refractivity contribution in [1.82, 2.24) is 0 Å². The highest BCUT2D eigenvalue weighted by atomic mass is 79.9. The molecule has 3 aromatic carbocycles. The number of amides is 1. The van der Waals surface area contributed by atoms with Crippen LogP contribution in [0.5, 0.6) is 0 Å². The summed E-state index contributed by atoms with van der Waals surface area (Å²) in [6, 6.07) is 20.1. The van der Waals surface area contributed by atoms with E-state index in [1.54, 1.807) is 36.4 Å². The lowest BCUT2D eigenvalue weighted by atomic mass is 10.1. The van der Waals surface area contributed by atoms with Crippen molar-refractivity contribution in [3.05, 3.63) is 87.9 Å². The van der Waals surface area contributed by atoms with Gasteiger partial charge in [0.05, 0.1) is 4.90 Å². The first-order valence-corrected chi connectivity index (χ1v) is 12.8. The Hall–Kier alpha value is -2.64. The lowest BCUT2D eigenvalue weighted by molar-refractivity contribution is -0.118. The molecule has 0 saturated heterocycles. The van der Waals surface area contributed by atoms with Crippen LogP contribution < -0.4 is 9.62 Å². The van der Waals surface area contributed by atoms with Crippen molar-refractivity contribution in [3.8, 4) is 0 Å². The standard InChI is InChI=1S/C25H25BrN2O3S/c1-17-3-9-22(10-4-17)27-32(30,31)23-11-5-19(6-12-23)7-14-25(29)28-18(2)15-20-16-21(26)8-13-24(20)28/h3-6,8-13,16,18,27H,7,14-15H2,1-2H3/t18-/m0/s1. The minimum absolute atomic E-state index is 0.0799. The molecule has 32 heavy (non-hydrogen) atoms. The molecule has 0 radical (unpaired) electrons. The van der Waals surface area contributed by atoms with E-state index in [1.807, 2.05) is 36.1 Å². The van der Waals surface area contributed by atoms with Gasteiger partial charge in [-0.25, -0.2) is 8.42 Å². The summed E-state index contributed by atoms with van der Waals surface area (Å²) in [7, 11) is -3.66. The van der Waals surface area contributed by atoms with Crippen molar-refractivity contribution in [2.24, 2.45) is 0 Å². The molecule has 1 N–H and O–H groups in total. The number of halogens is 1. The molecule has 3 aromatic rings. The lowest BCUT2D eigenvalue weighted by Gasteiger charge is -2.23. The fraction of sp³-hybridized carbons (Fsp3) is 0.240. The van der Waals surface area contributed by atoms with Crippen LogP contribution in [0.3, 0.4) is 0 Å². The summed E-state index contributed by atoms with van der Waals surface area (Å²) in [5, 5.41) is 0. The molecule has 166 valence electrons. The van der Waals surface area contributed by atoms with E-state index in [2.05, 4.69) is 33.6 Å². The second kappa shape index (κ2) is 9.08. The molecule has 0 fully saturated rings. The van der Waals surface area contributed by atoms with Crippen molar-refractivity contribution >= 4 is 43.2 Å². The van der Waals surface area contributed by atoms with E-state index in [1.165, 1.54) is 5.56 Å². The average Bonchev–Trinajstić information content (AvgIpc) is 3.08. The molecule has 5 nitrogen and oxygen atoms in total. The second-order valence-corrected chi connectivity index (χ2v) is 10.8. The van der Waals surface area contributed by atoms with Crippen LogP contribution in [0.1, 0.15) is 30.0 Å². The Bertz CT molecular complexity index is 1240. The Balaban J connectivity index is 1.40. The van der Waals surface area contributed by atoms with Crippen molar-refractivity contribution in [2.45, 2.75) is 44.0 Å². The van der Waals surface area contributed by atoms with Crippen molar-refractivity contribution < 1.29 is 13.2 Å². The molecule has 1 aliphatic rings. The Kier molecular flexibility index (Phi) is 6.40. The van der Waals surface area contributed by atoms with E-state index in [-0.39, 0.29) is 16.8 Å². The maximum absolute atomic E-state index is 12.9. The number of anilines is 2. The van der Waals surface area contributed by atoms with Crippen LogP contribution in [-0.4, -0.2) is 20.4 Å². The molecule has 4 rings (SSSR count). The maximum Gasteiger partial charge on any atom is 0.261 e. The van der Waals surface area contributed by atoms with Gasteiger partial charge in [0.1, 0.15) is 0 Å². The van der Waals surface area contributed by atoms with Crippen molar-refractivity contribution in [1.29, 1.82) is 0 Å². The summed E-state index contributed by atoms with van der Waals surface area (Å²) >= 11 is 3.49.